The fraction of sp³-hybridized carbons (Fsp3) is 0.692. The molecule has 0 bridgehead atoms. The second-order valence-corrected chi connectivity index (χ2v) is 7.07. The maximum atomic E-state index is 12.2. The Morgan fingerprint density at radius 1 is 1.52 bits per heavy atom. The van der Waals surface area contributed by atoms with Gasteiger partial charge >= 0.3 is 0 Å². The van der Waals surface area contributed by atoms with Crippen LogP contribution < -0.4 is 4.72 Å². The molecule has 1 aromatic rings. The highest BCUT2D eigenvalue weighted by Crippen LogP contribution is 2.10. The smallest absolute Gasteiger partial charge is 0.259 e. The van der Waals surface area contributed by atoms with E-state index in [0.29, 0.717) is 25.5 Å². The van der Waals surface area contributed by atoms with Crippen molar-refractivity contribution in [1.29, 1.82) is 0 Å². The van der Waals surface area contributed by atoms with Crippen LogP contribution in [0.2, 0.25) is 0 Å². The van der Waals surface area contributed by atoms with Crippen molar-refractivity contribution in [3.05, 3.63) is 12.0 Å². The van der Waals surface area contributed by atoms with E-state index in [2.05, 4.69) is 9.71 Å². The van der Waals surface area contributed by atoms with Gasteiger partial charge in [0.1, 0.15) is 12.4 Å². The Bertz CT molecular complexity index is 638. The quantitative estimate of drug-likeness (QED) is 0.671. The van der Waals surface area contributed by atoms with Crippen molar-refractivity contribution in [2.45, 2.75) is 18.1 Å². The molecular weight excluding hydrogens is 324 g/mol. The molecule has 1 unspecified atom stereocenters. The summed E-state index contributed by atoms with van der Waals surface area (Å²) in [4.78, 5) is 17.3. The van der Waals surface area contributed by atoms with E-state index in [1.165, 1.54) is 6.20 Å². The van der Waals surface area contributed by atoms with Crippen molar-refractivity contribution in [3.8, 4) is 0 Å². The minimum atomic E-state index is -3.70. The number of nitrogens with one attached hydrogen (secondary N) is 1. The number of aryl methyl sites for hydroxylation is 2. The van der Waals surface area contributed by atoms with Gasteiger partial charge in [-0.05, 0) is 6.92 Å². The first-order chi connectivity index (χ1) is 10.8. The van der Waals surface area contributed by atoms with E-state index in [4.69, 9.17) is 9.47 Å². The highest BCUT2D eigenvalue weighted by atomic mass is 32.2. The van der Waals surface area contributed by atoms with Gasteiger partial charge in [0.25, 0.3) is 10.0 Å². The molecule has 0 saturated carbocycles. The molecule has 0 aromatic carbocycles. The number of methoxy groups -OCH3 is 1. The van der Waals surface area contributed by atoms with Gasteiger partial charge in [-0.1, -0.05) is 0 Å². The van der Waals surface area contributed by atoms with E-state index in [0.717, 1.165) is 0 Å². The highest BCUT2D eigenvalue weighted by molar-refractivity contribution is 7.89. The summed E-state index contributed by atoms with van der Waals surface area (Å²) in [6, 6.07) is 0. The molecule has 1 fully saturated rings. The fourth-order valence-electron chi connectivity index (χ4n) is 2.15. The summed E-state index contributed by atoms with van der Waals surface area (Å²) in [6.07, 6.45) is 1.05. The van der Waals surface area contributed by atoms with Crippen LogP contribution in [0.1, 0.15) is 5.82 Å². The molecule has 23 heavy (non-hydrogen) atoms. The molecule has 2 rings (SSSR count). The molecule has 1 saturated heterocycles. The molecule has 1 N–H and O–H groups in total. The first-order valence-corrected chi connectivity index (χ1v) is 8.69. The van der Waals surface area contributed by atoms with E-state index < -0.39 is 16.1 Å². The van der Waals surface area contributed by atoms with Gasteiger partial charge in [-0.2, -0.15) is 0 Å². The highest BCUT2D eigenvalue weighted by Gasteiger charge is 2.28. The van der Waals surface area contributed by atoms with Gasteiger partial charge in [0.15, 0.2) is 5.03 Å². The van der Waals surface area contributed by atoms with Crippen molar-refractivity contribution < 1.29 is 22.7 Å². The largest absolute Gasteiger partial charge is 0.383 e. The Labute approximate surface area is 135 Å². The number of nitrogens with zero attached hydrogens (tertiary/aromatic N) is 3. The number of aromatic nitrogens is 2. The lowest BCUT2D eigenvalue weighted by molar-refractivity contribution is -0.149. The third-order valence-corrected chi connectivity index (χ3v) is 4.94. The van der Waals surface area contributed by atoms with Gasteiger partial charge in [0, 0.05) is 40.0 Å². The second kappa shape index (κ2) is 7.39. The Morgan fingerprint density at radius 2 is 2.26 bits per heavy atom. The standard InChI is InChI=1S/C13H22N4O5S/c1-10-15-12(8-16(10)2)23(19,20)14-6-11-7-17(4-5-21-3)13(18)9-22-11/h8,11,14H,4-7,9H2,1-3H3. The van der Waals surface area contributed by atoms with E-state index in [1.54, 1.807) is 30.5 Å². The van der Waals surface area contributed by atoms with Crippen LogP contribution in [0, 0.1) is 6.92 Å². The average Bonchev–Trinajstić information content (AvgIpc) is 2.85. The van der Waals surface area contributed by atoms with E-state index in [9.17, 15) is 13.2 Å². The van der Waals surface area contributed by atoms with Crippen LogP contribution >= 0.6 is 0 Å². The second-order valence-electron chi connectivity index (χ2n) is 5.35. The van der Waals surface area contributed by atoms with Crippen LogP contribution in [-0.2, 0) is 31.3 Å². The number of carbonyl (C=O) groups is 1. The SMILES string of the molecule is COCCN1CC(CNS(=O)(=O)c2cn(C)c(C)n2)OCC1=O. The Balaban J connectivity index is 1.93. The Hall–Kier alpha value is -1.49. The monoisotopic (exact) mass is 346 g/mol. The predicted octanol–water partition coefficient (Wildman–Crippen LogP) is -1.12. The zero-order valence-corrected chi connectivity index (χ0v) is 14.3. The Kier molecular flexibility index (Phi) is 5.74. The third kappa shape index (κ3) is 4.50. The lowest BCUT2D eigenvalue weighted by Gasteiger charge is -2.32. The first kappa shape index (κ1) is 17.9. The normalized spacial score (nSPS) is 19.3. The summed E-state index contributed by atoms with van der Waals surface area (Å²) in [6.45, 7) is 2.96. The van der Waals surface area contributed by atoms with Crippen LogP contribution in [0.5, 0.6) is 0 Å². The molecule has 9 nitrogen and oxygen atoms in total. The first-order valence-electron chi connectivity index (χ1n) is 7.21. The van der Waals surface area contributed by atoms with E-state index >= 15 is 0 Å². The number of rotatable bonds is 7. The summed E-state index contributed by atoms with van der Waals surface area (Å²) in [5, 5.41) is -0.0272. The molecular formula is C13H22N4O5S. The molecule has 0 radical (unpaired) electrons. The molecule has 1 amide bonds. The number of ether oxygens (including phenoxy) is 2. The number of amides is 1. The van der Waals surface area contributed by atoms with Crippen LogP contribution in [0.25, 0.3) is 0 Å². The van der Waals surface area contributed by atoms with Gasteiger partial charge in [0.2, 0.25) is 5.91 Å². The topological polar surface area (TPSA) is 103 Å². The lowest BCUT2D eigenvalue weighted by Crippen LogP contribution is -2.51. The number of sulfonamides is 1. The van der Waals surface area contributed by atoms with Gasteiger partial charge in [0.05, 0.1) is 12.7 Å². The maximum absolute atomic E-state index is 12.2. The van der Waals surface area contributed by atoms with Crippen LogP contribution in [0.3, 0.4) is 0 Å². The molecule has 10 heteroatoms. The summed E-state index contributed by atoms with van der Waals surface area (Å²) in [5.74, 6) is 0.483. The molecule has 130 valence electrons. The van der Waals surface area contributed by atoms with Crippen LogP contribution in [-0.4, -0.2) is 74.8 Å². The predicted molar refractivity (Wildman–Crippen MR) is 81.3 cm³/mol. The minimum Gasteiger partial charge on any atom is -0.383 e. The van der Waals surface area contributed by atoms with Gasteiger partial charge < -0.3 is 18.9 Å². The van der Waals surface area contributed by atoms with Crippen molar-refractivity contribution in [2.24, 2.45) is 7.05 Å². The average molecular weight is 346 g/mol. The molecule has 2 heterocycles. The summed E-state index contributed by atoms with van der Waals surface area (Å²) < 4.78 is 38.9. The van der Waals surface area contributed by atoms with E-state index in [1.807, 2.05) is 0 Å². The van der Waals surface area contributed by atoms with Gasteiger partial charge in [-0.25, -0.2) is 18.1 Å². The number of carbonyl (C=O) groups excluding carboxylic acids is 1. The minimum absolute atomic E-state index is 0.0272. The molecule has 1 atom stereocenters. The van der Waals surface area contributed by atoms with Crippen LogP contribution in [0.15, 0.2) is 11.2 Å². The molecule has 1 aromatic heterocycles. The molecule has 0 aliphatic carbocycles. The number of imidazole rings is 1. The zero-order valence-electron chi connectivity index (χ0n) is 13.5. The maximum Gasteiger partial charge on any atom is 0.259 e. The Morgan fingerprint density at radius 3 is 2.87 bits per heavy atom. The van der Waals surface area contributed by atoms with E-state index in [-0.39, 0.29) is 24.1 Å². The summed E-state index contributed by atoms with van der Waals surface area (Å²) in [7, 11) is -0.411. The molecule has 1 aliphatic rings. The van der Waals surface area contributed by atoms with Crippen molar-refractivity contribution in [1.82, 2.24) is 19.2 Å². The van der Waals surface area contributed by atoms with Crippen molar-refractivity contribution in [2.75, 3.05) is 40.0 Å². The lowest BCUT2D eigenvalue weighted by atomic mass is 10.2. The zero-order chi connectivity index (χ0) is 17.0. The molecule has 1 aliphatic heterocycles. The fourth-order valence-corrected chi connectivity index (χ4v) is 3.26. The van der Waals surface area contributed by atoms with Gasteiger partial charge in [-0.15, -0.1) is 0 Å². The summed E-state index contributed by atoms with van der Waals surface area (Å²) in [5.41, 5.74) is 0. The summed E-state index contributed by atoms with van der Waals surface area (Å²) >= 11 is 0. The van der Waals surface area contributed by atoms with Crippen LogP contribution in [0.4, 0.5) is 0 Å². The number of hydrogen-bond donors (Lipinski definition) is 1. The van der Waals surface area contributed by atoms with Crippen molar-refractivity contribution >= 4 is 15.9 Å². The number of morpholine rings is 1. The van der Waals surface area contributed by atoms with Gasteiger partial charge in [-0.3, -0.25) is 4.79 Å². The number of hydrogen-bond acceptors (Lipinski definition) is 6. The molecule has 0 spiro atoms. The van der Waals surface area contributed by atoms with Crippen molar-refractivity contribution in [3.63, 3.8) is 0 Å². The third-order valence-electron chi connectivity index (χ3n) is 3.65.